The summed E-state index contributed by atoms with van der Waals surface area (Å²) in [6.45, 7) is 0. The van der Waals surface area contributed by atoms with Gasteiger partial charge in [0.1, 0.15) is 11.3 Å². The van der Waals surface area contributed by atoms with Crippen LogP contribution in [-0.2, 0) is 9.59 Å². The minimum atomic E-state index is -0.512. The number of carbonyl (C=O) groups is 2. The summed E-state index contributed by atoms with van der Waals surface area (Å²) in [7, 11) is 0. The number of hydrogen-bond acceptors (Lipinski definition) is 3. The van der Waals surface area contributed by atoms with Crippen molar-refractivity contribution in [2.45, 2.75) is 0 Å². The van der Waals surface area contributed by atoms with Gasteiger partial charge in [0.25, 0.3) is 11.8 Å². The molecule has 0 unspecified atom stereocenters. The highest BCUT2D eigenvalue weighted by molar-refractivity contribution is 6.42. The van der Waals surface area contributed by atoms with Gasteiger partial charge in [-0.1, -0.05) is 23.2 Å². The summed E-state index contributed by atoms with van der Waals surface area (Å²) in [5.74, 6) is -0.582. The lowest BCUT2D eigenvalue weighted by Crippen LogP contribution is -2.35. The van der Waals surface area contributed by atoms with Crippen molar-refractivity contribution < 1.29 is 14.0 Å². The van der Waals surface area contributed by atoms with E-state index in [2.05, 4.69) is 5.43 Å². The Kier molecular flexibility index (Phi) is 3.45. The van der Waals surface area contributed by atoms with Gasteiger partial charge in [-0.05, 0) is 36.4 Å². The topological polar surface area (TPSA) is 62.6 Å². The average molecular weight is 323 g/mol. The first-order chi connectivity index (χ1) is 10.1. The third-order valence-corrected chi connectivity index (χ3v) is 3.62. The first kappa shape index (κ1) is 13.7. The maximum absolute atomic E-state index is 12.3. The van der Waals surface area contributed by atoms with Gasteiger partial charge in [-0.25, -0.2) is 5.01 Å². The number of furan rings is 1. The van der Waals surface area contributed by atoms with E-state index in [9.17, 15) is 9.59 Å². The number of hydrogen-bond donors (Lipinski definition) is 1. The van der Waals surface area contributed by atoms with Gasteiger partial charge < -0.3 is 4.42 Å². The molecule has 1 aromatic carbocycles. The van der Waals surface area contributed by atoms with E-state index < -0.39 is 11.8 Å². The quantitative estimate of drug-likeness (QED) is 0.682. The average Bonchev–Trinajstić information content (AvgIpc) is 3.06. The Morgan fingerprint density at radius 1 is 1.14 bits per heavy atom. The Labute approximate surface area is 129 Å². The molecule has 5 nitrogen and oxygen atoms in total. The van der Waals surface area contributed by atoms with Crippen LogP contribution in [0.4, 0.5) is 5.69 Å². The van der Waals surface area contributed by atoms with E-state index in [1.807, 2.05) is 0 Å². The van der Waals surface area contributed by atoms with Gasteiger partial charge in [0.05, 0.1) is 22.0 Å². The Bertz CT molecular complexity index is 754. The van der Waals surface area contributed by atoms with Crippen LogP contribution >= 0.6 is 23.2 Å². The Morgan fingerprint density at radius 3 is 2.62 bits per heavy atom. The molecule has 106 valence electrons. The van der Waals surface area contributed by atoms with Crippen molar-refractivity contribution in [2.24, 2.45) is 0 Å². The van der Waals surface area contributed by atoms with Crippen molar-refractivity contribution >= 4 is 46.8 Å². The number of anilines is 1. The lowest BCUT2D eigenvalue weighted by atomic mass is 10.2. The number of hydrazine groups is 1. The highest BCUT2D eigenvalue weighted by atomic mass is 35.5. The second-order valence-corrected chi connectivity index (χ2v) is 5.07. The maximum atomic E-state index is 12.3. The monoisotopic (exact) mass is 322 g/mol. The number of carbonyl (C=O) groups excluding carboxylic acids is 2. The van der Waals surface area contributed by atoms with E-state index in [0.29, 0.717) is 21.5 Å². The lowest BCUT2D eigenvalue weighted by molar-refractivity contribution is -0.117. The molecule has 0 atom stereocenters. The Morgan fingerprint density at radius 2 is 1.95 bits per heavy atom. The molecule has 2 amide bonds. The van der Waals surface area contributed by atoms with Crippen LogP contribution in [-0.4, -0.2) is 11.8 Å². The van der Waals surface area contributed by atoms with Crippen LogP contribution in [0, 0.1) is 0 Å². The van der Waals surface area contributed by atoms with Crippen molar-refractivity contribution in [3.05, 3.63) is 58.0 Å². The molecule has 0 spiro atoms. The number of halogens is 2. The highest BCUT2D eigenvalue weighted by Crippen LogP contribution is 2.29. The minimum Gasteiger partial charge on any atom is -0.465 e. The highest BCUT2D eigenvalue weighted by Gasteiger charge is 2.34. The van der Waals surface area contributed by atoms with E-state index >= 15 is 0 Å². The molecule has 1 fully saturated rings. The molecule has 1 aliphatic rings. The molecular formula is C14H8Cl2N2O3. The van der Waals surface area contributed by atoms with E-state index in [-0.39, 0.29) is 5.57 Å². The summed E-state index contributed by atoms with van der Waals surface area (Å²) in [5, 5.41) is 1.77. The van der Waals surface area contributed by atoms with Gasteiger partial charge in [-0.3, -0.25) is 15.0 Å². The van der Waals surface area contributed by atoms with E-state index in [1.165, 1.54) is 18.4 Å². The second kappa shape index (κ2) is 5.27. The molecule has 21 heavy (non-hydrogen) atoms. The van der Waals surface area contributed by atoms with Crippen molar-refractivity contribution in [1.29, 1.82) is 0 Å². The van der Waals surface area contributed by atoms with E-state index in [1.54, 1.807) is 24.3 Å². The predicted octanol–water partition coefficient (Wildman–Crippen LogP) is 3.05. The number of benzene rings is 1. The molecule has 1 saturated heterocycles. The third kappa shape index (κ3) is 2.53. The molecule has 3 rings (SSSR count). The first-order valence-corrected chi connectivity index (χ1v) is 6.67. The first-order valence-electron chi connectivity index (χ1n) is 5.92. The zero-order valence-corrected chi connectivity index (χ0v) is 12.0. The van der Waals surface area contributed by atoms with Crippen molar-refractivity contribution in [3.63, 3.8) is 0 Å². The fraction of sp³-hybridized carbons (Fsp3) is 0. The molecule has 0 saturated carbocycles. The van der Waals surface area contributed by atoms with Gasteiger partial charge in [0, 0.05) is 0 Å². The molecule has 1 N–H and O–H groups in total. The zero-order valence-electron chi connectivity index (χ0n) is 10.5. The molecule has 2 aromatic rings. The van der Waals surface area contributed by atoms with Crippen LogP contribution in [0.3, 0.4) is 0 Å². The standard InChI is InChI=1S/C14H8Cl2N2O3/c15-11-4-3-8(6-12(11)16)18-14(20)10(13(19)17-18)7-9-2-1-5-21-9/h1-7H,(H,17,19)/b10-7-. The van der Waals surface area contributed by atoms with Crippen LogP contribution in [0.25, 0.3) is 6.08 Å². The molecule has 7 heteroatoms. The summed E-state index contributed by atoms with van der Waals surface area (Å²) < 4.78 is 5.10. The summed E-state index contributed by atoms with van der Waals surface area (Å²) in [4.78, 5) is 24.2. The predicted molar refractivity (Wildman–Crippen MR) is 78.8 cm³/mol. The Hall–Kier alpha value is -2.24. The van der Waals surface area contributed by atoms with Crippen molar-refractivity contribution in [1.82, 2.24) is 5.43 Å². The summed E-state index contributed by atoms with van der Waals surface area (Å²) in [6.07, 6.45) is 2.84. The normalized spacial score (nSPS) is 16.7. The SMILES string of the molecule is O=C1NN(c2ccc(Cl)c(Cl)c2)C(=O)/C1=C\c1ccco1. The molecule has 0 aliphatic carbocycles. The fourth-order valence-electron chi connectivity index (χ4n) is 1.88. The fourth-order valence-corrected chi connectivity index (χ4v) is 2.17. The van der Waals surface area contributed by atoms with Gasteiger partial charge in [-0.15, -0.1) is 0 Å². The van der Waals surface area contributed by atoms with Crippen molar-refractivity contribution in [2.75, 3.05) is 5.01 Å². The van der Waals surface area contributed by atoms with Crippen LogP contribution in [0.1, 0.15) is 5.76 Å². The second-order valence-electron chi connectivity index (χ2n) is 4.25. The molecule has 1 aromatic heterocycles. The smallest absolute Gasteiger partial charge is 0.282 e. The molecule has 0 radical (unpaired) electrons. The van der Waals surface area contributed by atoms with Crippen LogP contribution in [0.2, 0.25) is 10.0 Å². The zero-order chi connectivity index (χ0) is 15.0. The molecule has 0 bridgehead atoms. The number of amides is 2. The van der Waals surface area contributed by atoms with Crippen LogP contribution in [0.15, 0.2) is 46.6 Å². The van der Waals surface area contributed by atoms with Gasteiger partial charge in [0.2, 0.25) is 0 Å². The molecule has 1 aliphatic heterocycles. The molecular weight excluding hydrogens is 315 g/mol. The van der Waals surface area contributed by atoms with Crippen molar-refractivity contribution in [3.8, 4) is 0 Å². The van der Waals surface area contributed by atoms with Gasteiger partial charge >= 0.3 is 0 Å². The summed E-state index contributed by atoms with van der Waals surface area (Å²) >= 11 is 11.7. The number of nitrogens with one attached hydrogen (secondary N) is 1. The summed E-state index contributed by atoms with van der Waals surface area (Å²) in [5.41, 5.74) is 2.87. The largest absolute Gasteiger partial charge is 0.465 e. The van der Waals surface area contributed by atoms with Gasteiger partial charge in [-0.2, -0.15) is 0 Å². The summed E-state index contributed by atoms with van der Waals surface area (Å²) in [6, 6.07) is 7.95. The van der Waals surface area contributed by atoms with Crippen LogP contribution in [0.5, 0.6) is 0 Å². The molecule has 2 heterocycles. The third-order valence-electron chi connectivity index (χ3n) is 2.88. The van der Waals surface area contributed by atoms with Crippen LogP contribution < -0.4 is 10.4 Å². The van der Waals surface area contributed by atoms with E-state index in [4.69, 9.17) is 27.6 Å². The minimum absolute atomic E-state index is 0.0176. The number of rotatable bonds is 2. The van der Waals surface area contributed by atoms with E-state index in [0.717, 1.165) is 5.01 Å². The maximum Gasteiger partial charge on any atom is 0.282 e. The lowest BCUT2D eigenvalue weighted by Gasteiger charge is -2.15. The number of nitrogens with zero attached hydrogens (tertiary/aromatic N) is 1. The van der Waals surface area contributed by atoms with Gasteiger partial charge in [0.15, 0.2) is 0 Å². The Balaban J connectivity index is 1.95.